The summed E-state index contributed by atoms with van der Waals surface area (Å²) >= 11 is -0.0513. The van der Waals surface area contributed by atoms with E-state index in [1.54, 1.807) is 0 Å². The number of rotatable bonds is 2. The molecule has 0 aromatic heterocycles. The molecule has 0 bridgehead atoms. The lowest BCUT2D eigenvalue weighted by atomic mass is 9.91. The maximum absolute atomic E-state index is 4.46. The molecule has 0 aromatic rings. The first kappa shape index (κ1) is 10.8. The topological polar surface area (TPSA) is 12.4 Å². The number of allylic oxidation sites excluding steroid dienone is 3. The third-order valence-corrected chi connectivity index (χ3v) is 3.90. The Kier molecular flexibility index (Phi) is 4.03. The SMILES string of the molecule is C=I/C(C)=C1/N=CC=CC1C(C)C. The summed E-state index contributed by atoms with van der Waals surface area (Å²) in [6.07, 6.45) is 6.18. The normalized spacial score (nSPS) is 25.4. The van der Waals surface area contributed by atoms with E-state index in [4.69, 9.17) is 0 Å². The highest BCUT2D eigenvalue weighted by Gasteiger charge is 2.17. The molecular formula is C11H16IN. The van der Waals surface area contributed by atoms with Crippen LogP contribution in [0.1, 0.15) is 20.8 Å². The fourth-order valence-corrected chi connectivity index (χ4v) is 2.28. The van der Waals surface area contributed by atoms with Crippen molar-refractivity contribution in [2.45, 2.75) is 20.8 Å². The summed E-state index contributed by atoms with van der Waals surface area (Å²) in [5.74, 6) is 1.14. The zero-order valence-corrected chi connectivity index (χ0v) is 10.6. The lowest BCUT2D eigenvalue weighted by Gasteiger charge is -2.20. The standard InChI is InChI=1S/C11H16IN/c1-8(2)10-6-5-7-13-11(10)9(3)12-4/h5-8,10H,4H2,1-3H3/b11-9+. The molecule has 1 aliphatic heterocycles. The molecule has 1 atom stereocenters. The zero-order chi connectivity index (χ0) is 9.84. The molecule has 0 aliphatic carbocycles. The van der Waals surface area contributed by atoms with Crippen LogP contribution in [0.15, 0.2) is 26.4 Å². The van der Waals surface area contributed by atoms with Crippen molar-refractivity contribution in [1.29, 1.82) is 0 Å². The molecule has 1 nitrogen and oxygen atoms in total. The number of aliphatic imine (C=N–C) groups is 1. The first-order chi connectivity index (χ1) is 6.16. The number of hydrogen-bond acceptors (Lipinski definition) is 1. The van der Waals surface area contributed by atoms with Crippen LogP contribution in [0.5, 0.6) is 0 Å². The van der Waals surface area contributed by atoms with Gasteiger partial charge >= 0.3 is 0 Å². The quantitative estimate of drug-likeness (QED) is 0.690. The van der Waals surface area contributed by atoms with E-state index in [0.29, 0.717) is 11.8 Å². The van der Waals surface area contributed by atoms with E-state index in [2.05, 4.69) is 36.4 Å². The predicted octanol–water partition coefficient (Wildman–Crippen LogP) is 3.53. The van der Waals surface area contributed by atoms with Crippen LogP contribution < -0.4 is 0 Å². The van der Waals surface area contributed by atoms with Crippen molar-refractivity contribution >= 4 is 31.5 Å². The predicted molar refractivity (Wildman–Crippen MR) is 69.8 cm³/mol. The maximum Gasteiger partial charge on any atom is 0.0560 e. The number of hydrogen-bond donors (Lipinski definition) is 0. The third-order valence-electron chi connectivity index (χ3n) is 2.21. The average Bonchev–Trinajstić information content (AvgIpc) is 2.16. The highest BCUT2D eigenvalue weighted by atomic mass is 127. The molecule has 13 heavy (non-hydrogen) atoms. The molecule has 0 amide bonds. The van der Waals surface area contributed by atoms with Gasteiger partial charge in [-0.15, -0.1) is 0 Å². The molecular weight excluding hydrogens is 273 g/mol. The van der Waals surface area contributed by atoms with Crippen molar-refractivity contribution in [2.75, 3.05) is 0 Å². The summed E-state index contributed by atoms with van der Waals surface area (Å²) in [5, 5.41) is 0. The van der Waals surface area contributed by atoms with Gasteiger partial charge in [-0.3, -0.25) is 4.99 Å². The zero-order valence-electron chi connectivity index (χ0n) is 8.42. The minimum Gasteiger partial charge on any atom is -0.260 e. The summed E-state index contributed by atoms with van der Waals surface area (Å²) in [6.45, 7) is 6.65. The highest BCUT2D eigenvalue weighted by Crippen LogP contribution is 2.31. The Labute approximate surface area is 90.4 Å². The monoisotopic (exact) mass is 289 g/mol. The van der Waals surface area contributed by atoms with E-state index < -0.39 is 0 Å². The summed E-state index contributed by atoms with van der Waals surface area (Å²) in [5.41, 5.74) is 1.26. The van der Waals surface area contributed by atoms with E-state index in [1.165, 1.54) is 9.28 Å². The minimum absolute atomic E-state index is 0.0513. The lowest BCUT2D eigenvalue weighted by Crippen LogP contribution is -2.11. The van der Waals surface area contributed by atoms with Crippen molar-refractivity contribution in [3.05, 3.63) is 21.4 Å². The smallest absolute Gasteiger partial charge is 0.0560 e. The van der Waals surface area contributed by atoms with Gasteiger partial charge in [0.1, 0.15) is 0 Å². The number of halogens is 1. The van der Waals surface area contributed by atoms with Gasteiger partial charge in [-0.05, 0) is 18.9 Å². The summed E-state index contributed by atoms with van der Waals surface area (Å²) in [4.78, 5) is 4.46. The van der Waals surface area contributed by atoms with Gasteiger partial charge < -0.3 is 0 Å². The van der Waals surface area contributed by atoms with Crippen LogP contribution >= 0.6 is 20.7 Å². The van der Waals surface area contributed by atoms with Gasteiger partial charge in [-0.25, -0.2) is 0 Å². The molecule has 0 spiro atoms. The van der Waals surface area contributed by atoms with Crippen LogP contribution in [0.25, 0.3) is 0 Å². The van der Waals surface area contributed by atoms with Crippen LogP contribution in [0.3, 0.4) is 0 Å². The fraction of sp³-hybridized carbons (Fsp3) is 0.455. The molecule has 0 aromatic carbocycles. The molecule has 1 unspecified atom stereocenters. The van der Waals surface area contributed by atoms with Crippen molar-refractivity contribution < 1.29 is 0 Å². The molecule has 0 fully saturated rings. The molecule has 0 saturated carbocycles. The van der Waals surface area contributed by atoms with E-state index in [-0.39, 0.29) is 20.7 Å². The Morgan fingerprint density at radius 1 is 1.62 bits per heavy atom. The molecule has 0 saturated heterocycles. The number of dihydropyridines is 1. The van der Waals surface area contributed by atoms with Gasteiger partial charge in [0.25, 0.3) is 0 Å². The van der Waals surface area contributed by atoms with E-state index in [1.807, 2.05) is 12.3 Å². The lowest BCUT2D eigenvalue weighted by molar-refractivity contribution is 0.520. The molecule has 0 radical (unpaired) electrons. The Morgan fingerprint density at radius 2 is 2.31 bits per heavy atom. The molecule has 72 valence electrons. The summed E-state index contributed by atoms with van der Waals surface area (Å²) < 4.78 is 5.42. The van der Waals surface area contributed by atoms with Crippen LogP contribution in [0.2, 0.25) is 0 Å². The first-order valence-corrected chi connectivity index (χ1v) is 7.07. The van der Waals surface area contributed by atoms with Crippen molar-refractivity contribution in [1.82, 2.24) is 0 Å². The van der Waals surface area contributed by atoms with Crippen LogP contribution in [0.4, 0.5) is 0 Å². The van der Waals surface area contributed by atoms with Gasteiger partial charge in [0.2, 0.25) is 0 Å². The second-order valence-electron chi connectivity index (χ2n) is 3.49. The van der Waals surface area contributed by atoms with Gasteiger partial charge in [0, 0.05) is 15.7 Å². The molecule has 1 heterocycles. The Hall–Kier alpha value is -0.250. The second-order valence-corrected chi connectivity index (χ2v) is 5.87. The Morgan fingerprint density at radius 3 is 2.85 bits per heavy atom. The van der Waals surface area contributed by atoms with Gasteiger partial charge in [-0.2, -0.15) is 0 Å². The van der Waals surface area contributed by atoms with Crippen LogP contribution in [0, 0.1) is 11.8 Å². The van der Waals surface area contributed by atoms with Crippen molar-refractivity contribution in [3.8, 4) is 0 Å². The molecule has 1 aliphatic rings. The van der Waals surface area contributed by atoms with Gasteiger partial charge in [0.05, 0.1) is 5.70 Å². The van der Waals surface area contributed by atoms with Crippen molar-refractivity contribution in [2.24, 2.45) is 16.8 Å². The summed E-state index contributed by atoms with van der Waals surface area (Å²) in [6, 6.07) is 0. The fourth-order valence-electron chi connectivity index (χ4n) is 1.39. The minimum atomic E-state index is -0.0513. The third kappa shape index (κ3) is 2.59. The Bertz CT molecular complexity index is 284. The molecule has 0 N–H and O–H groups in total. The van der Waals surface area contributed by atoms with Crippen LogP contribution in [-0.4, -0.2) is 10.7 Å². The molecule has 1 rings (SSSR count). The average molecular weight is 289 g/mol. The second kappa shape index (κ2) is 4.84. The number of nitrogens with zero attached hydrogens (tertiary/aromatic N) is 1. The molecule has 2 heteroatoms. The Balaban J connectivity index is 3.02. The highest BCUT2D eigenvalue weighted by molar-refractivity contribution is 14.2. The first-order valence-electron chi connectivity index (χ1n) is 4.46. The van der Waals surface area contributed by atoms with Crippen LogP contribution in [-0.2, 0) is 0 Å². The van der Waals surface area contributed by atoms with E-state index >= 15 is 0 Å². The maximum atomic E-state index is 4.46. The van der Waals surface area contributed by atoms with E-state index in [9.17, 15) is 0 Å². The van der Waals surface area contributed by atoms with Gasteiger partial charge in [0.15, 0.2) is 0 Å². The van der Waals surface area contributed by atoms with Gasteiger partial charge in [-0.1, -0.05) is 45.2 Å². The van der Waals surface area contributed by atoms with E-state index in [0.717, 1.165) is 0 Å². The largest absolute Gasteiger partial charge is 0.260 e. The summed E-state index contributed by atoms with van der Waals surface area (Å²) in [7, 11) is 0. The van der Waals surface area contributed by atoms with Crippen molar-refractivity contribution in [3.63, 3.8) is 0 Å².